The second-order valence-electron chi connectivity index (χ2n) is 7.29. The van der Waals surface area contributed by atoms with Crippen molar-refractivity contribution >= 4 is 0 Å². The molecule has 0 spiro atoms. The number of hydrogen-bond donors (Lipinski definition) is 1. The molecule has 2 rings (SSSR count). The summed E-state index contributed by atoms with van der Waals surface area (Å²) >= 11 is 0. The molecule has 0 saturated heterocycles. The molecule has 0 amide bonds. The summed E-state index contributed by atoms with van der Waals surface area (Å²) in [5.41, 5.74) is 6.28. The van der Waals surface area contributed by atoms with E-state index in [4.69, 9.17) is 15.0 Å². The number of hydrogen-bond acceptors (Lipinski definition) is 5. The zero-order valence-corrected chi connectivity index (χ0v) is 14.1. The zero-order chi connectivity index (χ0) is 15.8. The molecule has 1 fully saturated rings. The summed E-state index contributed by atoms with van der Waals surface area (Å²) in [6.07, 6.45) is 1.89. The SMILES string of the molecule is COC(c1noc(C2CCC(N)C(C)C2(C)C)n1)C(C)C. The molecule has 1 aliphatic rings. The second-order valence-corrected chi connectivity index (χ2v) is 7.29. The van der Waals surface area contributed by atoms with E-state index in [2.05, 4.69) is 44.8 Å². The lowest BCUT2D eigenvalue weighted by molar-refractivity contribution is 0.0555. The molecule has 4 unspecified atom stereocenters. The maximum atomic E-state index is 6.22. The fourth-order valence-electron chi connectivity index (χ4n) is 3.47. The molecule has 0 aliphatic heterocycles. The van der Waals surface area contributed by atoms with Crippen molar-refractivity contribution in [1.82, 2.24) is 10.1 Å². The topological polar surface area (TPSA) is 74.2 Å². The molecule has 120 valence electrons. The van der Waals surface area contributed by atoms with Gasteiger partial charge in [-0.2, -0.15) is 4.98 Å². The van der Waals surface area contributed by atoms with E-state index in [9.17, 15) is 0 Å². The molecule has 1 aromatic heterocycles. The van der Waals surface area contributed by atoms with Crippen LogP contribution in [0.2, 0.25) is 0 Å². The first-order valence-electron chi connectivity index (χ1n) is 7.90. The fraction of sp³-hybridized carbons (Fsp3) is 0.875. The van der Waals surface area contributed by atoms with E-state index in [-0.39, 0.29) is 23.5 Å². The smallest absolute Gasteiger partial charge is 0.230 e. The summed E-state index contributed by atoms with van der Waals surface area (Å²) in [6, 6.07) is 0.251. The highest BCUT2D eigenvalue weighted by Gasteiger charge is 2.45. The highest BCUT2D eigenvalue weighted by Crippen LogP contribution is 2.49. The highest BCUT2D eigenvalue weighted by atomic mass is 16.5. The Bertz CT molecular complexity index is 470. The summed E-state index contributed by atoms with van der Waals surface area (Å²) in [6.45, 7) is 10.9. The van der Waals surface area contributed by atoms with Crippen molar-refractivity contribution in [3.63, 3.8) is 0 Å². The molecule has 1 saturated carbocycles. The second kappa shape index (κ2) is 6.05. The highest BCUT2D eigenvalue weighted by molar-refractivity contribution is 5.07. The van der Waals surface area contributed by atoms with Crippen molar-refractivity contribution in [3.8, 4) is 0 Å². The molecule has 1 aliphatic carbocycles. The first-order chi connectivity index (χ1) is 9.78. The molecular formula is C16H29N3O2. The fourth-order valence-corrected chi connectivity index (χ4v) is 3.47. The average molecular weight is 295 g/mol. The van der Waals surface area contributed by atoms with Gasteiger partial charge in [0.2, 0.25) is 11.7 Å². The van der Waals surface area contributed by atoms with E-state index in [1.165, 1.54) is 0 Å². The lowest BCUT2D eigenvalue weighted by Gasteiger charge is -2.45. The molecule has 1 heterocycles. The minimum atomic E-state index is -0.117. The lowest BCUT2D eigenvalue weighted by atomic mass is 9.61. The van der Waals surface area contributed by atoms with E-state index >= 15 is 0 Å². The van der Waals surface area contributed by atoms with Crippen LogP contribution in [-0.4, -0.2) is 23.3 Å². The number of nitrogens with zero attached hydrogens (tertiary/aromatic N) is 2. The third kappa shape index (κ3) is 2.99. The van der Waals surface area contributed by atoms with Gasteiger partial charge in [0, 0.05) is 19.1 Å². The van der Waals surface area contributed by atoms with Gasteiger partial charge < -0.3 is 15.0 Å². The largest absolute Gasteiger partial charge is 0.373 e. The summed E-state index contributed by atoms with van der Waals surface area (Å²) < 4.78 is 11.1. The van der Waals surface area contributed by atoms with Gasteiger partial charge in [-0.1, -0.05) is 39.8 Å². The van der Waals surface area contributed by atoms with Crippen molar-refractivity contribution in [2.45, 2.75) is 65.5 Å². The molecule has 4 atom stereocenters. The van der Waals surface area contributed by atoms with E-state index in [1.807, 2.05) is 0 Å². The molecular weight excluding hydrogens is 266 g/mol. The lowest BCUT2D eigenvalue weighted by Crippen LogP contribution is -2.45. The van der Waals surface area contributed by atoms with Gasteiger partial charge >= 0.3 is 0 Å². The Morgan fingerprint density at radius 3 is 2.57 bits per heavy atom. The van der Waals surface area contributed by atoms with Crippen LogP contribution in [0.4, 0.5) is 0 Å². The van der Waals surface area contributed by atoms with Gasteiger partial charge in [-0.05, 0) is 30.1 Å². The van der Waals surface area contributed by atoms with E-state index in [0.717, 1.165) is 18.7 Å². The molecule has 0 bridgehead atoms. The average Bonchev–Trinajstić information content (AvgIpc) is 2.85. The monoisotopic (exact) mass is 295 g/mol. The van der Waals surface area contributed by atoms with Gasteiger partial charge in [0.25, 0.3) is 0 Å². The van der Waals surface area contributed by atoms with Crippen LogP contribution in [-0.2, 0) is 4.74 Å². The molecule has 2 N–H and O–H groups in total. The van der Waals surface area contributed by atoms with Crippen LogP contribution in [0.15, 0.2) is 4.52 Å². The predicted molar refractivity (Wildman–Crippen MR) is 81.8 cm³/mol. The van der Waals surface area contributed by atoms with Crippen LogP contribution in [0, 0.1) is 17.3 Å². The normalized spacial score (nSPS) is 30.6. The molecule has 0 radical (unpaired) electrons. The Kier molecular flexibility index (Phi) is 4.73. The van der Waals surface area contributed by atoms with Gasteiger partial charge in [-0.3, -0.25) is 0 Å². The van der Waals surface area contributed by atoms with Crippen LogP contribution >= 0.6 is 0 Å². The summed E-state index contributed by atoms with van der Waals surface area (Å²) in [4.78, 5) is 4.64. The molecule has 1 aromatic rings. The summed E-state index contributed by atoms with van der Waals surface area (Å²) in [7, 11) is 1.69. The van der Waals surface area contributed by atoms with Crippen LogP contribution in [0.25, 0.3) is 0 Å². The summed E-state index contributed by atoms with van der Waals surface area (Å²) in [5, 5.41) is 4.15. The van der Waals surface area contributed by atoms with Crippen molar-refractivity contribution in [3.05, 3.63) is 11.7 Å². The maximum Gasteiger partial charge on any atom is 0.230 e. The Morgan fingerprint density at radius 1 is 1.33 bits per heavy atom. The van der Waals surface area contributed by atoms with Crippen molar-refractivity contribution in [2.24, 2.45) is 23.0 Å². The quantitative estimate of drug-likeness (QED) is 0.922. The van der Waals surface area contributed by atoms with Crippen LogP contribution in [0.1, 0.15) is 71.2 Å². The minimum Gasteiger partial charge on any atom is -0.373 e. The molecule has 5 heteroatoms. The number of nitrogens with two attached hydrogens (primary N) is 1. The first-order valence-corrected chi connectivity index (χ1v) is 7.90. The minimum absolute atomic E-state index is 0.0574. The van der Waals surface area contributed by atoms with Gasteiger partial charge in [0.05, 0.1) is 0 Å². The van der Waals surface area contributed by atoms with Crippen molar-refractivity contribution in [2.75, 3.05) is 7.11 Å². The molecule has 21 heavy (non-hydrogen) atoms. The van der Waals surface area contributed by atoms with Crippen molar-refractivity contribution < 1.29 is 9.26 Å². The Morgan fingerprint density at radius 2 is 2.00 bits per heavy atom. The van der Waals surface area contributed by atoms with E-state index < -0.39 is 0 Å². The van der Waals surface area contributed by atoms with Gasteiger partial charge in [-0.15, -0.1) is 0 Å². The van der Waals surface area contributed by atoms with Crippen molar-refractivity contribution in [1.29, 1.82) is 0 Å². The third-order valence-electron chi connectivity index (χ3n) is 5.37. The van der Waals surface area contributed by atoms with Gasteiger partial charge in [0.1, 0.15) is 6.10 Å². The van der Waals surface area contributed by atoms with E-state index in [0.29, 0.717) is 17.7 Å². The molecule has 5 nitrogen and oxygen atoms in total. The van der Waals surface area contributed by atoms with Crippen LogP contribution < -0.4 is 5.73 Å². The number of rotatable bonds is 4. The zero-order valence-electron chi connectivity index (χ0n) is 14.1. The van der Waals surface area contributed by atoms with E-state index in [1.54, 1.807) is 7.11 Å². The Hall–Kier alpha value is -0.940. The van der Waals surface area contributed by atoms with Crippen LogP contribution in [0.5, 0.6) is 0 Å². The number of aromatic nitrogens is 2. The summed E-state index contributed by atoms with van der Waals surface area (Å²) in [5.74, 6) is 2.39. The Balaban J connectivity index is 2.25. The first kappa shape index (κ1) is 16.4. The predicted octanol–water partition coefficient (Wildman–Crippen LogP) is 3.28. The third-order valence-corrected chi connectivity index (χ3v) is 5.37. The number of methoxy groups -OCH3 is 1. The van der Waals surface area contributed by atoms with Crippen LogP contribution in [0.3, 0.4) is 0 Å². The maximum absolute atomic E-state index is 6.22. The van der Waals surface area contributed by atoms with Gasteiger partial charge in [0.15, 0.2) is 0 Å². The molecule has 0 aromatic carbocycles. The van der Waals surface area contributed by atoms with Gasteiger partial charge in [-0.25, -0.2) is 0 Å². The standard InChI is InChI=1S/C16H29N3O2/c1-9(2)13(20-6)14-18-15(21-19-14)11-7-8-12(17)10(3)16(11,4)5/h9-13H,7-8,17H2,1-6H3. The number of ether oxygens (including phenoxy) is 1. The Labute approximate surface area is 127 Å².